The van der Waals surface area contributed by atoms with Crippen LogP contribution in [0.3, 0.4) is 0 Å². The number of likely N-dealkylation sites (N-methyl/N-ethyl adjacent to an activating group) is 1. The van der Waals surface area contributed by atoms with Gasteiger partial charge in [-0.3, -0.25) is 9.69 Å². The van der Waals surface area contributed by atoms with Crippen molar-refractivity contribution in [2.45, 2.75) is 31.8 Å². The van der Waals surface area contributed by atoms with Gasteiger partial charge in [-0.25, -0.2) is 0 Å². The zero-order valence-electron chi connectivity index (χ0n) is 14.7. The summed E-state index contributed by atoms with van der Waals surface area (Å²) in [5.74, 6) is -0.182. The molecule has 0 unspecified atom stereocenters. The highest BCUT2D eigenvalue weighted by Gasteiger charge is 2.35. The Morgan fingerprint density at radius 3 is 3.08 bits per heavy atom. The van der Waals surface area contributed by atoms with Crippen LogP contribution in [0.4, 0.5) is 0 Å². The molecule has 132 valence electrons. The van der Waals surface area contributed by atoms with E-state index in [0.717, 1.165) is 18.4 Å². The van der Waals surface area contributed by atoms with Crippen LogP contribution in [-0.4, -0.2) is 53.2 Å². The van der Waals surface area contributed by atoms with Gasteiger partial charge in [-0.05, 0) is 42.7 Å². The number of hydrogen-bond acceptors (Lipinski definition) is 3. The molecule has 4 rings (SSSR count). The summed E-state index contributed by atoms with van der Waals surface area (Å²) in [4.78, 5) is 18.3. The summed E-state index contributed by atoms with van der Waals surface area (Å²) in [6, 6.07) is 6.49. The Labute approximate surface area is 147 Å². The second-order valence-corrected chi connectivity index (χ2v) is 7.23. The van der Waals surface area contributed by atoms with Gasteiger partial charge in [0.2, 0.25) is 5.91 Å². The maximum Gasteiger partial charge on any atom is 0.228 e. The number of nitrogens with one attached hydrogen (secondary N) is 2. The fraction of sp³-hybridized carbons (Fsp3) is 0.450. The van der Waals surface area contributed by atoms with Gasteiger partial charge < -0.3 is 15.4 Å². The van der Waals surface area contributed by atoms with Crippen LogP contribution in [-0.2, 0) is 11.2 Å². The lowest BCUT2D eigenvalue weighted by molar-refractivity contribution is -0.125. The lowest BCUT2D eigenvalue weighted by atomic mass is 9.80. The molecule has 0 radical (unpaired) electrons. The molecule has 5 heteroatoms. The van der Waals surface area contributed by atoms with Crippen molar-refractivity contribution >= 4 is 22.4 Å². The van der Waals surface area contributed by atoms with Crippen molar-refractivity contribution in [2.24, 2.45) is 5.92 Å². The highest BCUT2D eigenvalue weighted by atomic mass is 16.3. The number of aliphatic hydroxyl groups excluding tert-OH is 1. The molecule has 0 spiro atoms. The molecule has 0 fully saturated rings. The van der Waals surface area contributed by atoms with E-state index in [4.69, 9.17) is 0 Å². The number of carbonyl (C=O) groups is 1. The van der Waals surface area contributed by atoms with E-state index in [-0.39, 0.29) is 24.5 Å². The second kappa shape index (κ2) is 6.32. The van der Waals surface area contributed by atoms with Crippen molar-refractivity contribution in [3.63, 3.8) is 0 Å². The Kier molecular flexibility index (Phi) is 4.13. The molecule has 5 nitrogen and oxygen atoms in total. The fourth-order valence-corrected chi connectivity index (χ4v) is 4.20. The van der Waals surface area contributed by atoms with E-state index in [1.165, 1.54) is 22.1 Å². The van der Waals surface area contributed by atoms with E-state index in [1.807, 2.05) is 6.92 Å². The molecule has 3 N–H and O–H groups in total. The largest absolute Gasteiger partial charge is 0.394 e. The number of aliphatic hydroxyl groups is 1. The number of fused-ring (bicyclic) bond motifs is 2. The van der Waals surface area contributed by atoms with Crippen LogP contribution >= 0.6 is 0 Å². The van der Waals surface area contributed by atoms with Crippen molar-refractivity contribution in [2.75, 3.05) is 20.2 Å². The summed E-state index contributed by atoms with van der Waals surface area (Å²) in [5.41, 5.74) is 5.01. The number of rotatable bonds is 4. The van der Waals surface area contributed by atoms with Crippen LogP contribution < -0.4 is 5.32 Å². The maximum atomic E-state index is 12.7. The molecular weight excluding hydrogens is 314 g/mol. The van der Waals surface area contributed by atoms with Crippen molar-refractivity contribution in [3.8, 4) is 0 Å². The number of nitrogens with zero attached hydrogens (tertiary/aromatic N) is 1. The van der Waals surface area contributed by atoms with Crippen molar-refractivity contribution in [3.05, 3.63) is 41.6 Å². The molecule has 2 aliphatic rings. The zero-order chi connectivity index (χ0) is 17.6. The summed E-state index contributed by atoms with van der Waals surface area (Å²) in [6.45, 7) is 2.66. The topological polar surface area (TPSA) is 68.4 Å². The first-order valence-corrected chi connectivity index (χ1v) is 9.05. The molecule has 0 saturated heterocycles. The lowest BCUT2D eigenvalue weighted by Gasteiger charge is -2.39. The quantitative estimate of drug-likeness (QED) is 0.797. The number of benzene rings is 1. The monoisotopic (exact) mass is 339 g/mol. The number of amides is 1. The van der Waals surface area contributed by atoms with Gasteiger partial charge in [0.05, 0.1) is 18.6 Å². The minimum atomic E-state index is -0.187. The lowest BCUT2D eigenvalue weighted by Crippen LogP contribution is -2.48. The SMILES string of the molecule is CC[C@H](CO)NC(=O)[C@H]1C=C2c3cccc4[nH]cc(c34)C[C@H]2N(C)C1. The Hall–Kier alpha value is -2.11. The standard InChI is InChI=1S/C20H25N3O2/c1-3-14(11-24)22-20(25)13-7-16-15-5-4-6-17-19(15)12(9-21-17)8-18(16)23(2)10-13/h4-7,9,13-14,18,21,24H,3,8,10-11H2,1-2H3,(H,22,25)/t13-,14+,18+/m0/s1. The fourth-order valence-electron chi connectivity index (χ4n) is 4.20. The van der Waals surface area contributed by atoms with Gasteiger partial charge in [-0.15, -0.1) is 0 Å². The number of aromatic amines is 1. The van der Waals surface area contributed by atoms with Gasteiger partial charge in [0.15, 0.2) is 0 Å². The summed E-state index contributed by atoms with van der Waals surface area (Å²) in [7, 11) is 2.10. The maximum absolute atomic E-state index is 12.7. The normalized spacial score (nSPS) is 23.9. The average Bonchev–Trinajstić information content (AvgIpc) is 3.04. The van der Waals surface area contributed by atoms with Gasteiger partial charge >= 0.3 is 0 Å². The first-order valence-electron chi connectivity index (χ1n) is 9.05. The van der Waals surface area contributed by atoms with E-state index < -0.39 is 0 Å². The summed E-state index contributed by atoms with van der Waals surface area (Å²) in [6.07, 6.45) is 5.97. The van der Waals surface area contributed by atoms with E-state index in [1.54, 1.807) is 0 Å². The molecule has 3 atom stereocenters. The summed E-state index contributed by atoms with van der Waals surface area (Å²) in [5, 5.41) is 13.6. The van der Waals surface area contributed by atoms with Gasteiger partial charge in [0.25, 0.3) is 0 Å². The van der Waals surface area contributed by atoms with E-state index in [9.17, 15) is 9.90 Å². The predicted molar refractivity (Wildman–Crippen MR) is 99.2 cm³/mol. The Bertz CT molecular complexity index is 835. The molecule has 25 heavy (non-hydrogen) atoms. The first-order chi connectivity index (χ1) is 12.1. The first kappa shape index (κ1) is 16.4. The van der Waals surface area contributed by atoms with Gasteiger partial charge in [0.1, 0.15) is 0 Å². The summed E-state index contributed by atoms with van der Waals surface area (Å²) < 4.78 is 0. The van der Waals surface area contributed by atoms with E-state index in [0.29, 0.717) is 12.6 Å². The highest BCUT2D eigenvalue weighted by molar-refractivity contribution is 5.99. The number of aromatic nitrogens is 1. The number of hydrogen-bond donors (Lipinski definition) is 3. The Morgan fingerprint density at radius 1 is 1.48 bits per heavy atom. The molecule has 0 bridgehead atoms. The molecule has 1 amide bonds. The van der Waals surface area contributed by atoms with Gasteiger partial charge in [0, 0.05) is 29.7 Å². The minimum absolute atomic E-state index is 0.00532. The Morgan fingerprint density at radius 2 is 2.32 bits per heavy atom. The molecule has 0 saturated carbocycles. The average molecular weight is 339 g/mol. The van der Waals surface area contributed by atoms with E-state index >= 15 is 0 Å². The molecular formula is C20H25N3O2. The molecule has 2 heterocycles. The zero-order valence-corrected chi connectivity index (χ0v) is 14.7. The highest BCUT2D eigenvalue weighted by Crippen LogP contribution is 2.40. The predicted octanol–water partition coefficient (Wildman–Crippen LogP) is 1.92. The Balaban J connectivity index is 1.71. The molecule has 1 aliphatic carbocycles. The van der Waals surface area contributed by atoms with Crippen LogP contribution in [0.1, 0.15) is 24.5 Å². The van der Waals surface area contributed by atoms with Crippen LogP contribution in [0.15, 0.2) is 30.5 Å². The summed E-state index contributed by atoms with van der Waals surface area (Å²) >= 11 is 0. The molecule has 1 aromatic carbocycles. The number of H-pyrrole nitrogens is 1. The third kappa shape index (κ3) is 2.68. The van der Waals surface area contributed by atoms with Crippen LogP contribution in [0.2, 0.25) is 0 Å². The minimum Gasteiger partial charge on any atom is -0.394 e. The second-order valence-electron chi connectivity index (χ2n) is 7.23. The van der Waals surface area contributed by atoms with Crippen molar-refractivity contribution in [1.82, 2.24) is 15.2 Å². The molecule has 2 aromatic rings. The third-order valence-corrected chi connectivity index (χ3v) is 5.66. The third-order valence-electron chi connectivity index (χ3n) is 5.66. The van der Waals surface area contributed by atoms with Crippen molar-refractivity contribution in [1.29, 1.82) is 0 Å². The number of carbonyl (C=O) groups excluding carboxylic acids is 1. The molecule has 1 aromatic heterocycles. The van der Waals surface area contributed by atoms with Crippen molar-refractivity contribution < 1.29 is 9.90 Å². The smallest absolute Gasteiger partial charge is 0.228 e. The van der Waals surface area contributed by atoms with Crippen LogP contribution in [0.5, 0.6) is 0 Å². The molecule has 1 aliphatic heterocycles. The van der Waals surface area contributed by atoms with Crippen LogP contribution in [0.25, 0.3) is 16.5 Å². The van der Waals surface area contributed by atoms with Gasteiger partial charge in [-0.1, -0.05) is 25.1 Å². The van der Waals surface area contributed by atoms with Gasteiger partial charge in [-0.2, -0.15) is 0 Å². The van der Waals surface area contributed by atoms with Crippen LogP contribution in [0, 0.1) is 5.92 Å². The van der Waals surface area contributed by atoms with E-state index in [2.05, 4.69) is 52.7 Å².